The predicted molar refractivity (Wildman–Crippen MR) is 59.5 cm³/mol. The molecule has 2 nitrogen and oxygen atoms in total. The van der Waals surface area contributed by atoms with Gasteiger partial charge in [-0.05, 0) is 18.9 Å². The first-order valence-electron chi connectivity index (χ1n) is 5.68. The summed E-state index contributed by atoms with van der Waals surface area (Å²) in [6.07, 6.45) is 6.12. The van der Waals surface area contributed by atoms with Gasteiger partial charge in [0, 0.05) is 5.57 Å². The summed E-state index contributed by atoms with van der Waals surface area (Å²) in [5, 5.41) is 0. The number of hydrogen-bond acceptors (Lipinski definition) is 2. The molecule has 0 radical (unpaired) electrons. The van der Waals surface area contributed by atoms with Gasteiger partial charge in [-0.25, -0.2) is 9.18 Å². The van der Waals surface area contributed by atoms with E-state index in [1.807, 2.05) is 6.92 Å². The molecule has 0 aliphatic carbocycles. The van der Waals surface area contributed by atoms with E-state index in [9.17, 15) is 9.18 Å². The second kappa shape index (κ2) is 9.69. The summed E-state index contributed by atoms with van der Waals surface area (Å²) in [7, 11) is 0. The number of esters is 1. The second-order valence-corrected chi connectivity index (χ2v) is 3.43. The van der Waals surface area contributed by atoms with Gasteiger partial charge in [0.1, 0.15) is 6.67 Å². The molecule has 0 aromatic carbocycles. The van der Waals surface area contributed by atoms with E-state index in [-0.39, 0.29) is 5.97 Å². The molecule has 0 N–H and O–H groups in total. The average Bonchev–Trinajstić information content (AvgIpc) is 2.25. The lowest BCUT2D eigenvalue weighted by Gasteiger charge is -2.05. The van der Waals surface area contributed by atoms with Crippen molar-refractivity contribution in [2.45, 2.75) is 46.0 Å². The fourth-order valence-electron chi connectivity index (χ4n) is 1.25. The van der Waals surface area contributed by atoms with E-state index < -0.39 is 6.67 Å². The van der Waals surface area contributed by atoms with Crippen molar-refractivity contribution in [3.8, 4) is 0 Å². The van der Waals surface area contributed by atoms with Gasteiger partial charge in [0.15, 0.2) is 0 Å². The van der Waals surface area contributed by atoms with Gasteiger partial charge in [-0.15, -0.1) is 0 Å². The standard InChI is InChI=1S/C12H21FO2/c1-3-5-6-7-10-15-12(14)11(4-2)8-9-13/h8H,3-7,9-10H2,1-2H3. The van der Waals surface area contributed by atoms with Crippen LogP contribution in [0.2, 0.25) is 0 Å². The largest absolute Gasteiger partial charge is 0.462 e. The molecule has 0 aliphatic rings. The average molecular weight is 216 g/mol. The molecule has 0 heterocycles. The van der Waals surface area contributed by atoms with Crippen LogP contribution in [0.3, 0.4) is 0 Å². The van der Waals surface area contributed by atoms with Crippen molar-refractivity contribution >= 4 is 5.97 Å². The van der Waals surface area contributed by atoms with Crippen molar-refractivity contribution < 1.29 is 13.9 Å². The van der Waals surface area contributed by atoms with Crippen molar-refractivity contribution in [1.29, 1.82) is 0 Å². The number of halogens is 1. The van der Waals surface area contributed by atoms with E-state index in [0.717, 1.165) is 19.3 Å². The maximum absolute atomic E-state index is 12.0. The summed E-state index contributed by atoms with van der Waals surface area (Å²) in [4.78, 5) is 11.3. The van der Waals surface area contributed by atoms with Gasteiger partial charge >= 0.3 is 5.97 Å². The van der Waals surface area contributed by atoms with Crippen molar-refractivity contribution in [3.63, 3.8) is 0 Å². The smallest absolute Gasteiger partial charge is 0.333 e. The predicted octanol–water partition coefficient (Wildman–Crippen LogP) is 3.42. The van der Waals surface area contributed by atoms with E-state index >= 15 is 0 Å². The Morgan fingerprint density at radius 2 is 2.00 bits per heavy atom. The minimum Gasteiger partial charge on any atom is -0.462 e. The van der Waals surface area contributed by atoms with Crippen molar-refractivity contribution in [2.24, 2.45) is 0 Å². The topological polar surface area (TPSA) is 26.3 Å². The molecule has 0 aromatic rings. The van der Waals surface area contributed by atoms with Gasteiger partial charge in [0.25, 0.3) is 0 Å². The highest BCUT2D eigenvalue weighted by molar-refractivity contribution is 5.88. The Kier molecular flexibility index (Phi) is 9.13. The van der Waals surface area contributed by atoms with Crippen LogP contribution in [-0.2, 0) is 9.53 Å². The molecule has 0 unspecified atom stereocenters. The molecule has 0 rings (SSSR count). The number of allylic oxidation sites excluding steroid dienone is 1. The highest BCUT2D eigenvalue weighted by Crippen LogP contribution is 2.05. The zero-order valence-electron chi connectivity index (χ0n) is 9.72. The minimum atomic E-state index is -0.603. The van der Waals surface area contributed by atoms with Gasteiger partial charge in [-0.1, -0.05) is 33.1 Å². The summed E-state index contributed by atoms with van der Waals surface area (Å²) in [5.74, 6) is -0.369. The molecule has 0 aliphatic heterocycles. The molecule has 0 atom stereocenters. The van der Waals surface area contributed by atoms with Gasteiger partial charge in [-0.2, -0.15) is 0 Å². The molecular weight excluding hydrogens is 195 g/mol. The van der Waals surface area contributed by atoms with Gasteiger partial charge < -0.3 is 4.74 Å². The molecule has 0 amide bonds. The fourth-order valence-corrected chi connectivity index (χ4v) is 1.25. The lowest BCUT2D eigenvalue weighted by molar-refractivity contribution is -0.139. The van der Waals surface area contributed by atoms with Crippen molar-refractivity contribution in [2.75, 3.05) is 13.3 Å². The van der Waals surface area contributed by atoms with Crippen LogP contribution in [0.15, 0.2) is 11.6 Å². The summed E-state index contributed by atoms with van der Waals surface area (Å²) in [5.41, 5.74) is 0.438. The van der Waals surface area contributed by atoms with E-state index in [4.69, 9.17) is 4.74 Å². The van der Waals surface area contributed by atoms with Crippen LogP contribution in [-0.4, -0.2) is 19.3 Å². The maximum atomic E-state index is 12.0. The molecule has 15 heavy (non-hydrogen) atoms. The van der Waals surface area contributed by atoms with Crippen LogP contribution in [0.1, 0.15) is 46.0 Å². The normalized spacial score (nSPS) is 11.5. The Morgan fingerprint density at radius 3 is 2.53 bits per heavy atom. The first-order valence-corrected chi connectivity index (χ1v) is 5.68. The number of ether oxygens (including phenoxy) is 1. The Hall–Kier alpha value is -0.860. The number of carbonyl (C=O) groups excluding carboxylic acids is 1. The van der Waals surface area contributed by atoms with Crippen LogP contribution in [0.25, 0.3) is 0 Å². The second-order valence-electron chi connectivity index (χ2n) is 3.43. The molecule has 0 bridgehead atoms. The summed E-state index contributed by atoms with van der Waals surface area (Å²) in [6, 6.07) is 0. The molecule has 88 valence electrons. The SMILES string of the molecule is CCCCCCOC(=O)C(=CCF)CC. The summed E-state index contributed by atoms with van der Waals surface area (Å²) >= 11 is 0. The van der Waals surface area contributed by atoms with Crippen LogP contribution in [0, 0.1) is 0 Å². The van der Waals surface area contributed by atoms with E-state index in [0.29, 0.717) is 18.6 Å². The fraction of sp³-hybridized carbons (Fsp3) is 0.750. The Bertz CT molecular complexity index is 200. The maximum Gasteiger partial charge on any atom is 0.333 e. The zero-order chi connectivity index (χ0) is 11.5. The van der Waals surface area contributed by atoms with Crippen LogP contribution in [0.4, 0.5) is 4.39 Å². The quantitative estimate of drug-likeness (QED) is 0.353. The number of hydrogen-bond donors (Lipinski definition) is 0. The lowest BCUT2D eigenvalue weighted by atomic mass is 10.2. The van der Waals surface area contributed by atoms with Crippen LogP contribution < -0.4 is 0 Å². The first-order chi connectivity index (χ1) is 7.26. The minimum absolute atomic E-state index is 0.369. The van der Waals surface area contributed by atoms with Crippen LogP contribution >= 0.6 is 0 Å². The van der Waals surface area contributed by atoms with E-state index in [1.54, 1.807) is 0 Å². The number of unbranched alkanes of at least 4 members (excludes halogenated alkanes) is 3. The summed E-state index contributed by atoms with van der Waals surface area (Å²) < 4.78 is 17.0. The summed E-state index contributed by atoms with van der Waals surface area (Å²) in [6.45, 7) is 3.79. The monoisotopic (exact) mass is 216 g/mol. The third-order valence-electron chi connectivity index (χ3n) is 2.20. The third kappa shape index (κ3) is 7.11. The molecule has 0 fully saturated rings. The highest BCUT2D eigenvalue weighted by atomic mass is 19.1. The lowest BCUT2D eigenvalue weighted by Crippen LogP contribution is -2.09. The van der Waals surface area contributed by atoms with Crippen LogP contribution in [0.5, 0.6) is 0 Å². The van der Waals surface area contributed by atoms with Gasteiger partial charge in [0.05, 0.1) is 6.61 Å². The molecular formula is C12H21FO2. The Morgan fingerprint density at radius 1 is 1.27 bits per heavy atom. The molecule has 0 saturated carbocycles. The molecule has 0 aromatic heterocycles. The highest BCUT2D eigenvalue weighted by Gasteiger charge is 2.07. The van der Waals surface area contributed by atoms with Gasteiger partial charge in [-0.3, -0.25) is 0 Å². The van der Waals surface area contributed by atoms with Crippen molar-refractivity contribution in [3.05, 3.63) is 11.6 Å². The van der Waals surface area contributed by atoms with Crippen molar-refractivity contribution in [1.82, 2.24) is 0 Å². The third-order valence-corrected chi connectivity index (χ3v) is 2.20. The van der Waals surface area contributed by atoms with E-state index in [2.05, 4.69) is 6.92 Å². The van der Waals surface area contributed by atoms with E-state index in [1.165, 1.54) is 12.5 Å². The molecule has 0 saturated heterocycles. The Labute approximate surface area is 91.5 Å². The number of alkyl halides is 1. The number of rotatable bonds is 8. The van der Waals surface area contributed by atoms with Gasteiger partial charge in [0.2, 0.25) is 0 Å². The zero-order valence-corrected chi connectivity index (χ0v) is 9.72. The Balaban J connectivity index is 3.67. The number of carbonyl (C=O) groups is 1. The molecule has 0 spiro atoms. The molecule has 3 heteroatoms. The first kappa shape index (κ1) is 14.1.